The molecule has 2 aromatic carbocycles. The molecule has 1 heterocycles. The molecule has 3 aromatic rings. The molecule has 1 aromatic heterocycles. The highest BCUT2D eigenvalue weighted by molar-refractivity contribution is 6.31. The molecule has 0 fully saturated rings. The van der Waals surface area contributed by atoms with E-state index in [0.29, 0.717) is 46.9 Å². The fourth-order valence-electron chi connectivity index (χ4n) is 3.09. The first-order chi connectivity index (χ1) is 14.0. The average molecular weight is 416 g/mol. The topological polar surface area (TPSA) is 82.5 Å². The first-order valence-electron chi connectivity index (χ1n) is 9.18. The highest BCUT2D eigenvalue weighted by Gasteiger charge is 2.17. The van der Waals surface area contributed by atoms with Crippen LogP contribution in [0.15, 0.2) is 41.2 Å². The molecule has 0 bridgehead atoms. The van der Waals surface area contributed by atoms with Gasteiger partial charge in [-0.15, -0.1) is 0 Å². The van der Waals surface area contributed by atoms with Gasteiger partial charge in [0, 0.05) is 18.1 Å². The highest BCUT2D eigenvalue weighted by Crippen LogP contribution is 2.27. The maximum absolute atomic E-state index is 12.8. The van der Waals surface area contributed by atoms with Crippen LogP contribution in [0.2, 0.25) is 5.02 Å². The van der Waals surface area contributed by atoms with Crippen molar-refractivity contribution in [3.63, 3.8) is 0 Å². The lowest BCUT2D eigenvalue weighted by molar-refractivity contribution is 0.0946. The Labute approximate surface area is 173 Å². The summed E-state index contributed by atoms with van der Waals surface area (Å²) in [5, 5.41) is 7.81. The zero-order valence-corrected chi connectivity index (χ0v) is 17.2. The van der Waals surface area contributed by atoms with Gasteiger partial charge in [-0.2, -0.15) is 5.10 Å². The van der Waals surface area contributed by atoms with Crippen LogP contribution in [0.1, 0.15) is 23.0 Å². The van der Waals surface area contributed by atoms with Gasteiger partial charge in [-0.3, -0.25) is 14.3 Å². The van der Waals surface area contributed by atoms with Crippen molar-refractivity contribution in [2.75, 3.05) is 20.8 Å². The van der Waals surface area contributed by atoms with Crippen LogP contribution in [0, 0.1) is 0 Å². The first-order valence-corrected chi connectivity index (χ1v) is 9.55. The van der Waals surface area contributed by atoms with Gasteiger partial charge in [0.1, 0.15) is 0 Å². The number of fused-ring (bicyclic) bond motifs is 1. The van der Waals surface area contributed by atoms with Crippen LogP contribution < -0.4 is 20.2 Å². The molecule has 0 aliphatic rings. The highest BCUT2D eigenvalue weighted by atomic mass is 35.5. The lowest BCUT2D eigenvalue weighted by Gasteiger charge is -2.11. The number of nitrogens with zero attached hydrogens (tertiary/aromatic N) is 2. The van der Waals surface area contributed by atoms with Gasteiger partial charge in [0.2, 0.25) is 5.43 Å². The Kier molecular flexibility index (Phi) is 6.39. The molecule has 0 aliphatic heterocycles. The second kappa shape index (κ2) is 8.96. The van der Waals surface area contributed by atoms with Crippen LogP contribution >= 0.6 is 11.6 Å². The Hall–Kier alpha value is -3.06. The van der Waals surface area contributed by atoms with Crippen molar-refractivity contribution in [1.82, 2.24) is 15.1 Å². The number of benzene rings is 2. The number of amides is 1. The van der Waals surface area contributed by atoms with Crippen LogP contribution in [0.25, 0.3) is 10.9 Å². The monoisotopic (exact) mass is 415 g/mol. The van der Waals surface area contributed by atoms with Crippen LogP contribution in [0.5, 0.6) is 11.5 Å². The number of aryl methyl sites for hydroxylation is 1. The van der Waals surface area contributed by atoms with Crippen LogP contribution in [-0.2, 0) is 13.0 Å². The predicted molar refractivity (Wildman–Crippen MR) is 112 cm³/mol. The minimum Gasteiger partial charge on any atom is -0.493 e. The Morgan fingerprint density at radius 2 is 1.90 bits per heavy atom. The predicted octanol–water partition coefficient (Wildman–Crippen LogP) is 3.06. The molecule has 0 atom stereocenters. The molecule has 3 rings (SSSR count). The van der Waals surface area contributed by atoms with Gasteiger partial charge < -0.3 is 14.8 Å². The van der Waals surface area contributed by atoms with E-state index in [1.54, 1.807) is 37.1 Å². The largest absolute Gasteiger partial charge is 0.493 e. The van der Waals surface area contributed by atoms with Gasteiger partial charge in [0.25, 0.3) is 5.91 Å². The number of halogens is 1. The van der Waals surface area contributed by atoms with E-state index in [-0.39, 0.29) is 5.69 Å². The molecule has 29 heavy (non-hydrogen) atoms. The summed E-state index contributed by atoms with van der Waals surface area (Å²) in [5.74, 6) is 0.745. The summed E-state index contributed by atoms with van der Waals surface area (Å²) >= 11 is 6.03. The molecule has 0 saturated carbocycles. The number of hydrogen-bond acceptors (Lipinski definition) is 5. The maximum Gasteiger partial charge on any atom is 0.275 e. The third-order valence-corrected chi connectivity index (χ3v) is 4.81. The summed E-state index contributed by atoms with van der Waals surface area (Å²) < 4.78 is 12.1. The smallest absolute Gasteiger partial charge is 0.275 e. The molecule has 0 radical (unpaired) electrons. The second-order valence-corrected chi connectivity index (χ2v) is 6.79. The van der Waals surface area contributed by atoms with Crippen LogP contribution in [-0.4, -0.2) is 36.5 Å². The molecule has 8 heteroatoms. The number of ether oxygens (including phenoxy) is 2. The lowest BCUT2D eigenvalue weighted by atomic mass is 10.1. The van der Waals surface area contributed by atoms with Crippen molar-refractivity contribution in [3.05, 3.63) is 62.9 Å². The van der Waals surface area contributed by atoms with Gasteiger partial charge >= 0.3 is 0 Å². The first kappa shape index (κ1) is 20.7. The number of aromatic nitrogens is 2. The van der Waals surface area contributed by atoms with Crippen molar-refractivity contribution >= 4 is 28.4 Å². The van der Waals surface area contributed by atoms with E-state index in [0.717, 1.165) is 5.56 Å². The molecule has 0 unspecified atom stereocenters. The maximum atomic E-state index is 12.8. The zero-order chi connectivity index (χ0) is 21.0. The molecule has 152 valence electrons. The van der Waals surface area contributed by atoms with E-state index in [4.69, 9.17) is 21.1 Å². The lowest BCUT2D eigenvalue weighted by Crippen LogP contribution is -2.33. The van der Waals surface area contributed by atoms with Gasteiger partial charge in [-0.25, -0.2) is 0 Å². The normalized spacial score (nSPS) is 10.8. The fraction of sp³-hybridized carbons (Fsp3) is 0.286. The summed E-state index contributed by atoms with van der Waals surface area (Å²) in [6, 6.07) is 10.5. The Balaban J connectivity index is 1.78. The van der Waals surface area contributed by atoms with E-state index >= 15 is 0 Å². The summed E-state index contributed by atoms with van der Waals surface area (Å²) in [6.07, 6.45) is 0.563. The molecule has 0 saturated heterocycles. The number of hydrogen-bond donors (Lipinski definition) is 1. The number of carbonyl (C=O) groups is 1. The van der Waals surface area contributed by atoms with Crippen LogP contribution in [0.4, 0.5) is 0 Å². The molecule has 7 nitrogen and oxygen atoms in total. The third kappa shape index (κ3) is 4.35. The van der Waals surface area contributed by atoms with Crippen LogP contribution in [0.3, 0.4) is 0 Å². The van der Waals surface area contributed by atoms with Gasteiger partial charge in [-0.05, 0) is 49.2 Å². The number of rotatable bonds is 7. The standard InChI is InChI=1S/C21H22ClN3O4/c1-4-25-16-7-6-14(22)12-15(16)20(26)19(24-25)21(27)23-10-9-13-5-8-17(28-2)18(11-13)29-3/h5-8,11-12H,4,9-10H2,1-3H3,(H,23,27). The molecule has 1 N–H and O–H groups in total. The third-order valence-electron chi connectivity index (χ3n) is 4.58. The van der Waals surface area contributed by atoms with E-state index in [1.807, 2.05) is 25.1 Å². The second-order valence-electron chi connectivity index (χ2n) is 6.35. The number of nitrogens with one attached hydrogen (secondary N) is 1. The van der Waals surface area contributed by atoms with Crippen molar-refractivity contribution in [3.8, 4) is 11.5 Å². The quantitative estimate of drug-likeness (QED) is 0.641. The summed E-state index contributed by atoms with van der Waals surface area (Å²) in [6.45, 7) is 2.75. The fourth-order valence-corrected chi connectivity index (χ4v) is 3.26. The molecular weight excluding hydrogens is 394 g/mol. The minimum absolute atomic E-state index is 0.145. The van der Waals surface area contributed by atoms with E-state index in [1.165, 1.54) is 0 Å². The SMILES string of the molecule is CCn1nc(C(=O)NCCc2ccc(OC)c(OC)c2)c(=O)c2cc(Cl)ccc21. The van der Waals surface area contributed by atoms with Gasteiger partial charge in [-0.1, -0.05) is 17.7 Å². The molecule has 0 aliphatic carbocycles. The summed E-state index contributed by atoms with van der Waals surface area (Å²) in [5.41, 5.74) is 1.03. The van der Waals surface area contributed by atoms with Crippen molar-refractivity contribution in [1.29, 1.82) is 0 Å². The van der Waals surface area contributed by atoms with Crippen molar-refractivity contribution in [2.45, 2.75) is 19.9 Å². The number of carbonyl (C=O) groups excluding carboxylic acids is 1. The van der Waals surface area contributed by atoms with Gasteiger partial charge in [0.15, 0.2) is 17.2 Å². The average Bonchev–Trinajstić information content (AvgIpc) is 2.74. The van der Waals surface area contributed by atoms with E-state index in [2.05, 4.69) is 10.4 Å². The minimum atomic E-state index is -0.514. The Morgan fingerprint density at radius 1 is 1.14 bits per heavy atom. The van der Waals surface area contributed by atoms with Crippen molar-refractivity contribution < 1.29 is 14.3 Å². The number of methoxy groups -OCH3 is 2. The van der Waals surface area contributed by atoms with E-state index < -0.39 is 11.3 Å². The molecule has 1 amide bonds. The van der Waals surface area contributed by atoms with Crippen molar-refractivity contribution in [2.24, 2.45) is 0 Å². The Morgan fingerprint density at radius 3 is 2.59 bits per heavy atom. The van der Waals surface area contributed by atoms with Gasteiger partial charge in [0.05, 0.1) is 25.1 Å². The zero-order valence-electron chi connectivity index (χ0n) is 16.5. The summed E-state index contributed by atoms with van der Waals surface area (Å²) in [7, 11) is 3.14. The summed E-state index contributed by atoms with van der Waals surface area (Å²) in [4.78, 5) is 25.4. The Bertz CT molecular complexity index is 1110. The molecule has 0 spiro atoms. The van der Waals surface area contributed by atoms with E-state index in [9.17, 15) is 9.59 Å². The molecular formula is C21H22ClN3O4.